The van der Waals surface area contributed by atoms with Crippen LogP contribution in [0.4, 0.5) is 0 Å². The second kappa shape index (κ2) is 14.8. The maximum absolute atomic E-state index is 7.50. The van der Waals surface area contributed by atoms with Gasteiger partial charge in [0.15, 0.2) is 5.79 Å². The molecule has 0 spiro atoms. The van der Waals surface area contributed by atoms with E-state index >= 15 is 0 Å². The maximum Gasteiger partial charge on any atom is 0 e. The van der Waals surface area contributed by atoms with Gasteiger partial charge in [0.1, 0.15) is 17.6 Å². The molecular formula is C17H20CrO7. The van der Waals surface area contributed by atoms with Gasteiger partial charge in [-0.2, -0.15) is 0 Å². The normalized spacial score (nSPS) is 19.0. The molecule has 0 bridgehead atoms. The molecule has 1 aliphatic heterocycles. The molecule has 8 heteroatoms. The van der Waals surface area contributed by atoms with Crippen LogP contribution in [0, 0.1) is 20.0 Å². The Morgan fingerprint density at radius 2 is 1.28 bits per heavy atom. The fourth-order valence-corrected chi connectivity index (χ4v) is 2.27. The Morgan fingerprint density at radius 3 is 1.56 bits per heavy atom. The van der Waals surface area contributed by atoms with Crippen LogP contribution in [0.15, 0.2) is 18.2 Å². The number of methoxy groups -OCH3 is 2. The van der Waals surface area contributed by atoms with Crippen LogP contribution in [0.1, 0.15) is 32.4 Å². The molecule has 1 aromatic carbocycles. The van der Waals surface area contributed by atoms with Gasteiger partial charge in [-0.15, -0.1) is 0 Å². The van der Waals surface area contributed by atoms with E-state index in [4.69, 9.17) is 32.9 Å². The van der Waals surface area contributed by atoms with Gasteiger partial charge in [0, 0.05) is 23.4 Å². The van der Waals surface area contributed by atoms with Crippen molar-refractivity contribution in [3.8, 4) is 11.5 Å². The summed E-state index contributed by atoms with van der Waals surface area (Å²) in [5, 5.41) is 0. The fourth-order valence-electron chi connectivity index (χ4n) is 2.27. The molecule has 0 aliphatic carbocycles. The molecule has 0 saturated carbocycles. The number of ether oxygens (including phenoxy) is 4. The van der Waals surface area contributed by atoms with Gasteiger partial charge in [-0.3, -0.25) is 0 Å². The molecular weight excluding hydrogens is 368 g/mol. The number of rotatable bonds is 3. The SMILES string of the molecule is COc1cc(OC)cc([C@@H]2OC(C)(C)O[C@H]2C)c1.[C-]#[O+].[C-]#[O+].[C-]#[O+].[Cr]. The van der Waals surface area contributed by atoms with E-state index in [9.17, 15) is 0 Å². The molecule has 25 heavy (non-hydrogen) atoms. The van der Waals surface area contributed by atoms with Crippen molar-refractivity contribution in [2.24, 2.45) is 0 Å². The van der Waals surface area contributed by atoms with Crippen LogP contribution in [0.5, 0.6) is 11.5 Å². The summed E-state index contributed by atoms with van der Waals surface area (Å²) in [6.45, 7) is 19.3. The number of hydrogen-bond acceptors (Lipinski definition) is 4. The Balaban J connectivity index is -0.000000626. The predicted octanol–water partition coefficient (Wildman–Crippen LogP) is 2.80. The number of hydrogen-bond donors (Lipinski definition) is 0. The Bertz CT molecular complexity index is 515. The van der Waals surface area contributed by atoms with Gasteiger partial charge in [-0.05, 0) is 38.5 Å². The second-order valence-electron chi connectivity index (χ2n) is 4.91. The van der Waals surface area contributed by atoms with Gasteiger partial charge < -0.3 is 18.9 Å². The maximum atomic E-state index is 7.50. The van der Waals surface area contributed by atoms with Crippen molar-refractivity contribution in [2.75, 3.05) is 14.2 Å². The second-order valence-corrected chi connectivity index (χ2v) is 4.91. The molecule has 0 radical (unpaired) electrons. The summed E-state index contributed by atoms with van der Waals surface area (Å²) >= 11 is 0. The van der Waals surface area contributed by atoms with Crippen molar-refractivity contribution in [1.82, 2.24) is 0 Å². The van der Waals surface area contributed by atoms with E-state index in [1.165, 1.54) is 0 Å². The molecule has 1 fully saturated rings. The van der Waals surface area contributed by atoms with Gasteiger partial charge in [-0.25, -0.2) is 0 Å². The fraction of sp³-hybridized carbons (Fsp3) is 0.471. The summed E-state index contributed by atoms with van der Waals surface area (Å²) in [5.41, 5.74) is 1.00. The van der Waals surface area contributed by atoms with Crippen molar-refractivity contribution in [1.29, 1.82) is 0 Å². The molecule has 0 aromatic heterocycles. The van der Waals surface area contributed by atoms with E-state index in [-0.39, 0.29) is 29.6 Å². The minimum absolute atomic E-state index is 0. The van der Waals surface area contributed by atoms with Crippen LogP contribution in [0.25, 0.3) is 0 Å². The summed E-state index contributed by atoms with van der Waals surface area (Å²) < 4.78 is 44.7. The first-order valence-corrected chi connectivity index (χ1v) is 6.65. The van der Waals surface area contributed by atoms with Crippen molar-refractivity contribution in [3.63, 3.8) is 0 Å². The molecule has 1 heterocycles. The molecule has 136 valence electrons. The van der Waals surface area contributed by atoms with Crippen LogP contribution >= 0.6 is 0 Å². The van der Waals surface area contributed by atoms with E-state index in [0.29, 0.717) is 0 Å². The smallest absolute Gasteiger partial charge is 0 e. The Morgan fingerprint density at radius 1 is 0.880 bits per heavy atom. The van der Waals surface area contributed by atoms with E-state index < -0.39 is 5.79 Å². The zero-order valence-electron chi connectivity index (χ0n) is 14.7. The predicted molar refractivity (Wildman–Crippen MR) is 79.8 cm³/mol. The van der Waals surface area contributed by atoms with Crippen molar-refractivity contribution in [3.05, 3.63) is 43.7 Å². The molecule has 0 unspecified atom stereocenters. The van der Waals surface area contributed by atoms with Gasteiger partial charge in [0.2, 0.25) is 0 Å². The van der Waals surface area contributed by atoms with Crippen molar-refractivity contribution >= 4 is 0 Å². The minimum Gasteiger partial charge on any atom is 0 e. The van der Waals surface area contributed by atoms with Crippen LogP contribution in [0.2, 0.25) is 0 Å². The average molecular weight is 388 g/mol. The van der Waals surface area contributed by atoms with Gasteiger partial charge in [0.05, 0.1) is 20.3 Å². The monoisotopic (exact) mass is 388 g/mol. The van der Waals surface area contributed by atoms with Gasteiger partial charge in [0.25, 0.3) is 0 Å². The summed E-state index contributed by atoms with van der Waals surface area (Å²) in [7, 11) is 3.27. The summed E-state index contributed by atoms with van der Waals surface area (Å²) in [4.78, 5) is 0. The Labute approximate surface area is 158 Å². The number of benzene rings is 1. The summed E-state index contributed by atoms with van der Waals surface area (Å²) in [5.74, 6) is 0.954. The Hall–Kier alpha value is -1.51. The first kappa shape index (κ1) is 28.3. The van der Waals surface area contributed by atoms with Gasteiger partial charge in [-0.1, -0.05) is 0 Å². The largest absolute Gasteiger partial charge is 0 e. The topological polar surface area (TPSA) is 96.6 Å². The zero-order chi connectivity index (χ0) is 19.3. The molecule has 2 atom stereocenters. The van der Waals surface area contributed by atoms with Crippen molar-refractivity contribution < 1.29 is 50.3 Å². The minimum atomic E-state index is -0.555. The summed E-state index contributed by atoms with van der Waals surface area (Å²) in [6.07, 6.45) is -0.110. The van der Waals surface area contributed by atoms with Crippen LogP contribution < -0.4 is 9.47 Å². The first-order valence-electron chi connectivity index (χ1n) is 6.65. The average Bonchev–Trinajstić information content (AvgIpc) is 2.92. The standard InChI is InChI=1S/C14H20O4.3CO.Cr/c1-9-13(18-14(2,3)17-9)10-6-11(15-4)8-12(7-10)16-5;3*1-2;/h6-9,13H,1-5H3;;;;/t9-,13+;;;;/m0..../s1. The zero-order valence-corrected chi connectivity index (χ0v) is 15.9. The molecule has 2 rings (SSSR count). The van der Waals surface area contributed by atoms with Crippen LogP contribution in [-0.2, 0) is 40.8 Å². The van der Waals surface area contributed by atoms with E-state index in [2.05, 4.69) is 20.0 Å². The third-order valence-electron chi connectivity index (χ3n) is 3.01. The van der Waals surface area contributed by atoms with Crippen molar-refractivity contribution in [2.45, 2.75) is 38.8 Å². The van der Waals surface area contributed by atoms with Gasteiger partial charge >= 0.3 is 33.9 Å². The molecule has 1 aliphatic rings. The summed E-state index contributed by atoms with van der Waals surface area (Å²) in [6, 6.07) is 5.75. The molecule has 1 saturated heterocycles. The van der Waals surface area contributed by atoms with E-state index in [1.807, 2.05) is 39.0 Å². The van der Waals surface area contributed by atoms with E-state index in [0.717, 1.165) is 17.1 Å². The van der Waals surface area contributed by atoms with E-state index in [1.54, 1.807) is 14.2 Å². The first-order chi connectivity index (χ1) is 11.4. The third kappa shape index (κ3) is 8.95. The quantitative estimate of drug-likeness (QED) is 0.587. The van der Waals surface area contributed by atoms with Crippen LogP contribution in [-0.4, -0.2) is 26.1 Å². The molecule has 0 amide bonds. The molecule has 0 N–H and O–H groups in total. The molecule has 7 nitrogen and oxygen atoms in total. The Kier molecular flexibility index (Phi) is 16.8. The third-order valence-corrected chi connectivity index (χ3v) is 3.01. The van der Waals surface area contributed by atoms with Crippen LogP contribution in [0.3, 0.4) is 0 Å². The molecule has 1 aromatic rings.